The van der Waals surface area contributed by atoms with E-state index in [1.807, 2.05) is 26.0 Å². The molecule has 1 aromatic carbocycles. The van der Waals surface area contributed by atoms with Crippen LogP contribution in [0.25, 0.3) is 0 Å². The molecule has 1 aliphatic rings. The van der Waals surface area contributed by atoms with Crippen LogP contribution in [0.2, 0.25) is 0 Å². The Morgan fingerprint density at radius 2 is 2.16 bits per heavy atom. The Labute approximate surface area is 114 Å². The maximum atomic E-state index is 12.7. The molecule has 6 heteroatoms. The van der Waals surface area contributed by atoms with Gasteiger partial charge < -0.3 is 10.5 Å². The maximum absolute atomic E-state index is 12.7. The van der Waals surface area contributed by atoms with Crippen LogP contribution in [0.4, 0.5) is 0 Å². The minimum atomic E-state index is -3.50. The molecule has 5 nitrogen and oxygen atoms in total. The van der Waals surface area contributed by atoms with Gasteiger partial charge in [0.15, 0.2) is 0 Å². The summed E-state index contributed by atoms with van der Waals surface area (Å²) in [6, 6.07) is 5.09. The van der Waals surface area contributed by atoms with E-state index in [1.165, 1.54) is 4.31 Å². The highest BCUT2D eigenvalue weighted by molar-refractivity contribution is 7.89. The summed E-state index contributed by atoms with van der Waals surface area (Å²) in [5.41, 5.74) is 7.46. The monoisotopic (exact) mass is 284 g/mol. The van der Waals surface area contributed by atoms with Gasteiger partial charge >= 0.3 is 0 Å². The van der Waals surface area contributed by atoms with Crippen LogP contribution in [0, 0.1) is 13.8 Å². The fourth-order valence-corrected chi connectivity index (χ4v) is 4.17. The average molecular weight is 284 g/mol. The molecule has 2 rings (SSSR count). The summed E-state index contributed by atoms with van der Waals surface area (Å²) in [5.74, 6) is 0. The van der Waals surface area contributed by atoms with Gasteiger partial charge in [-0.05, 0) is 25.5 Å². The second-order valence-corrected chi connectivity index (χ2v) is 6.71. The number of ether oxygens (including phenoxy) is 1. The Morgan fingerprint density at radius 1 is 1.42 bits per heavy atom. The highest BCUT2D eigenvalue weighted by Gasteiger charge is 2.33. The molecule has 2 N–H and O–H groups in total. The fourth-order valence-electron chi connectivity index (χ4n) is 2.36. The van der Waals surface area contributed by atoms with Crippen molar-refractivity contribution in [2.24, 2.45) is 5.73 Å². The number of benzene rings is 1. The third-order valence-electron chi connectivity index (χ3n) is 3.36. The molecule has 0 bridgehead atoms. The van der Waals surface area contributed by atoms with Gasteiger partial charge in [-0.1, -0.05) is 17.7 Å². The number of nitrogens with zero attached hydrogens (tertiary/aromatic N) is 1. The van der Waals surface area contributed by atoms with E-state index in [0.29, 0.717) is 24.7 Å². The first-order chi connectivity index (χ1) is 8.96. The first kappa shape index (κ1) is 14.5. The van der Waals surface area contributed by atoms with Gasteiger partial charge in [-0.15, -0.1) is 0 Å². The molecule has 106 valence electrons. The number of rotatable bonds is 3. The van der Waals surface area contributed by atoms with E-state index < -0.39 is 10.0 Å². The van der Waals surface area contributed by atoms with E-state index in [4.69, 9.17) is 10.5 Å². The lowest BCUT2D eigenvalue weighted by Crippen LogP contribution is -2.51. The standard InChI is InChI=1S/C13H20N2O3S/c1-10-3-4-13(11(2)7-10)19(16,17)15-5-6-18-9-12(15)8-14/h3-4,7,12H,5-6,8-9,14H2,1-2H3. The molecule has 0 aliphatic carbocycles. The van der Waals surface area contributed by atoms with Crippen LogP contribution < -0.4 is 5.73 Å². The zero-order chi connectivity index (χ0) is 14.0. The highest BCUT2D eigenvalue weighted by atomic mass is 32.2. The molecule has 1 saturated heterocycles. The van der Waals surface area contributed by atoms with Gasteiger partial charge in [0, 0.05) is 13.1 Å². The van der Waals surface area contributed by atoms with Crippen molar-refractivity contribution >= 4 is 10.0 Å². The summed E-state index contributed by atoms with van der Waals surface area (Å²) >= 11 is 0. The molecule has 0 amide bonds. The van der Waals surface area contributed by atoms with Crippen LogP contribution in [0.5, 0.6) is 0 Å². The molecule has 19 heavy (non-hydrogen) atoms. The van der Waals surface area contributed by atoms with Crippen LogP contribution in [0.3, 0.4) is 0 Å². The summed E-state index contributed by atoms with van der Waals surface area (Å²) in [7, 11) is -3.50. The van der Waals surface area contributed by atoms with E-state index >= 15 is 0 Å². The minimum absolute atomic E-state index is 0.268. The van der Waals surface area contributed by atoms with Crippen LogP contribution in [0.1, 0.15) is 11.1 Å². The molecule has 1 unspecified atom stereocenters. The zero-order valence-corrected chi connectivity index (χ0v) is 12.1. The Bertz CT molecular complexity index is 557. The first-order valence-corrected chi connectivity index (χ1v) is 7.77. The number of hydrogen-bond acceptors (Lipinski definition) is 4. The second-order valence-electron chi connectivity index (χ2n) is 4.85. The normalized spacial score (nSPS) is 21.5. The number of aryl methyl sites for hydroxylation is 2. The lowest BCUT2D eigenvalue weighted by Gasteiger charge is -2.34. The van der Waals surface area contributed by atoms with Crippen molar-refractivity contribution in [2.45, 2.75) is 24.8 Å². The predicted octanol–water partition coefficient (Wildman–Crippen LogP) is 0.652. The summed E-state index contributed by atoms with van der Waals surface area (Å²) in [5, 5.41) is 0. The van der Waals surface area contributed by atoms with E-state index in [2.05, 4.69) is 0 Å². The van der Waals surface area contributed by atoms with Crippen molar-refractivity contribution in [1.29, 1.82) is 0 Å². The van der Waals surface area contributed by atoms with Crippen molar-refractivity contribution in [3.63, 3.8) is 0 Å². The summed E-state index contributed by atoms with van der Waals surface area (Å²) < 4.78 is 32.2. The van der Waals surface area contributed by atoms with Gasteiger partial charge in [0.25, 0.3) is 0 Å². The molecule has 1 fully saturated rings. The molecule has 0 saturated carbocycles. The largest absolute Gasteiger partial charge is 0.378 e. The van der Waals surface area contributed by atoms with Crippen molar-refractivity contribution in [3.05, 3.63) is 29.3 Å². The van der Waals surface area contributed by atoms with Crippen molar-refractivity contribution < 1.29 is 13.2 Å². The molecule has 1 aromatic rings. The van der Waals surface area contributed by atoms with Crippen LogP contribution in [-0.2, 0) is 14.8 Å². The second kappa shape index (κ2) is 5.58. The molecule has 1 aliphatic heterocycles. The van der Waals surface area contributed by atoms with Crippen molar-refractivity contribution in [3.8, 4) is 0 Å². The third-order valence-corrected chi connectivity index (χ3v) is 5.47. The maximum Gasteiger partial charge on any atom is 0.243 e. The molecule has 0 aromatic heterocycles. The first-order valence-electron chi connectivity index (χ1n) is 6.33. The van der Waals surface area contributed by atoms with E-state index in [1.54, 1.807) is 6.07 Å². The van der Waals surface area contributed by atoms with Crippen molar-refractivity contribution in [1.82, 2.24) is 4.31 Å². The highest BCUT2D eigenvalue weighted by Crippen LogP contribution is 2.23. The van der Waals surface area contributed by atoms with Gasteiger partial charge in [-0.3, -0.25) is 0 Å². The lowest BCUT2D eigenvalue weighted by molar-refractivity contribution is 0.0358. The minimum Gasteiger partial charge on any atom is -0.378 e. The quantitative estimate of drug-likeness (QED) is 0.884. The topological polar surface area (TPSA) is 72.6 Å². The van der Waals surface area contributed by atoms with E-state index in [-0.39, 0.29) is 12.6 Å². The van der Waals surface area contributed by atoms with Gasteiger partial charge in [0.1, 0.15) is 0 Å². The summed E-state index contributed by atoms with van der Waals surface area (Å²) in [6.07, 6.45) is 0. The van der Waals surface area contributed by atoms with Gasteiger partial charge in [-0.2, -0.15) is 4.31 Å². The third kappa shape index (κ3) is 2.81. The van der Waals surface area contributed by atoms with E-state index in [9.17, 15) is 8.42 Å². The van der Waals surface area contributed by atoms with Gasteiger partial charge in [0.2, 0.25) is 10.0 Å². The van der Waals surface area contributed by atoms with Gasteiger partial charge in [-0.25, -0.2) is 8.42 Å². The number of morpholine rings is 1. The van der Waals surface area contributed by atoms with E-state index in [0.717, 1.165) is 11.1 Å². The number of sulfonamides is 1. The van der Waals surface area contributed by atoms with Gasteiger partial charge in [0.05, 0.1) is 24.2 Å². The van der Waals surface area contributed by atoms with Crippen LogP contribution in [0.15, 0.2) is 23.1 Å². The molecule has 1 heterocycles. The summed E-state index contributed by atoms with van der Waals surface area (Å²) in [6.45, 7) is 5.17. The molecular formula is C13H20N2O3S. The average Bonchev–Trinajstić information content (AvgIpc) is 2.38. The Kier molecular flexibility index (Phi) is 4.25. The number of hydrogen-bond donors (Lipinski definition) is 1. The van der Waals surface area contributed by atoms with Crippen LogP contribution >= 0.6 is 0 Å². The molecule has 0 radical (unpaired) electrons. The SMILES string of the molecule is Cc1ccc(S(=O)(=O)N2CCOCC2CN)c(C)c1. The predicted molar refractivity (Wildman–Crippen MR) is 73.5 cm³/mol. The molecule has 1 atom stereocenters. The Morgan fingerprint density at radius 3 is 2.79 bits per heavy atom. The lowest BCUT2D eigenvalue weighted by atomic mass is 10.2. The Hall–Kier alpha value is -0.950. The summed E-state index contributed by atoms with van der Waals surface area (Å²) in [4.78, 5) is 0.360. The van der Waals surface area contributed by atoms with Crippen LogP contribution in [-0.4, -0.2) is 45.1 Å². The molecule has 0 spiro atoms. The number of nitrogens with two attached hydrogens (primary N) is 1. The smallest absolute Gasteiger partial charge is 0.243 e. The fraction of sp³-hybridized carbons (Fsp3) is 0.538. The Balaban J connectivity index is 2.40. The molecular weight excluding hydrogens is 264 g/mol. The zero-order valence-electron chi connectivity index (χ0n) is 11.3. The van der Waals surface area contributed by atoms with Crippen molar-refractivity contribution in [2.75, 3.05) is 26.3 Å².